The first kappa shape index (κ1) is 23.7. The summed E-state index contributed by atoms with van der Waals surface area (Å²) in [4.78, 5) is 13.1. The first-order valence-electron chi connectivity index (χ1n) is 10.3. The minimum Gasteiger partial charge on any atom is -0.463 e. The third kappa shape index (κ3) is 7.01. The zero-order valence-electron chi connectivity index (χ0n) is 18.0. The highest BCUT2D eigenvalue weighted by Gasteiger charge is 2.18. The molecule has 2 heterocycles. The van der Waals surface area contributed by atoms with E-state index in [1.54, 1.807) is 7.11 Å². The van der Waals surface area contributed by atoms with Gasteiger partial charge in [0.05, 0.1) is 6.33 Å². The van der Waals surface area contributed by atoms with Gasteiger partial charge in [0.2, 0.25) is 11.8 Å². The van der Waals surface area contributed by atoms with E-state index in [0.29, 0.717) is 24.0 Å². The van der Waals surface area contributed by atoms with Gasteiger partial charge in [0.1, 0.15) is 6.61 Å². The van der Waals surface area contributed by atoms with Gasteiger partial charge in [-0.05, 0) is 12.8 Å². The number of anilines is 1. The van der Waals surface area contributed by atoms with E-state index in [4.69, 9.17) is 15.2 Å². The van der Waals surface area contributed by atoms with Gasteiger partial charge in [-0.15, -0.1) is 0 Å². The van der Waals surface area contributed by atoms with Gasteiger partial charge >= 0.3 is 0 Å². The lowest BCUT2D eigenvalue weighted by Crippen LogP contribution is -2.10. The number of imidazole rings is 1. The molecule has 7 heteroatoms. The molecular weight excluding hydrogens is 354 g/mol. The van der Waals surface area contributed by atoms with Crippen LogP contribution in [0.1, 0.15) is 72.3 Å². The Morgan fingerprint density at radius 3 is 2.32 bits per heavy atom. The number of rotatable bonds is 10. The maximum atomic E-state index is 5.91. The van der Waals surface area contributed by atoms with Gasteiger partial charge in [0.25, 0.3) is 0 Å². The molecule has 0 aliphatic heterocycles. The van der Waals surface area contributed by atoms with Crippen LogP contribution in [0, 0.1) is 11.8 Å². The monoisotopic (exact) mass is 389 g/mol. The van der Waals surface area contributed by atoms with Crippen LogP contribution in [0.4, 0.5) is 5.95 Å². The van der Waals surface area contributed by atoms with Gasteiger partial charge in [-0.3, -0.25) is 0 Å². The maximum absolute atomic E-state index is 5.91. The Hall–Kier alpha value is -2.33. The van der Waals surface area contributed by atoms with Gasteiger partial charge in [-0.1, -0.05) is 65.2 Å². The fourth-order valence-corrected chi connectivity index (χ4v) is 2.86. The number of ether oxygens (including phenoxy) is 2. The molecule has 2 aromatic heterocycles. The lowest BCUT2D eigenvalue weighted by atomic mass is 10.0. The van der Waals surface area contributed by atoms with Crippen molar-refractivity contribution in [2.45, 2.75) is 72.3 Å². The zero-order valence-corrected chi connectivity index (χ0v) is 18.0. The molecule has 0 amide bonds. The number of aromatic nitrogens is 4. The van der Waals surface area contributed by atoms with E-state index in [1.807, 2.05) is 20.2 Å². The van der Waals surface area contributed by atoms with Crippen LogP contribution >= 0.6 is 0 Å². The van der Waals surface area contributed by atoms with E-state index in [0.717, 1.165) is 18.5 Å². The van der Waals surface area contributed by atoms with Crippen molar-refractivity contribution < 1.29 is 9.47 Å². The molecule has 0 aliphatic carbocycles. The number of methoxy groups -OCH3 is 1. The van der Waals surface area contributed by atoms with Crippen molar-refractivity contribution in [1.82, 2.24) is 19.5 Å². The summed E-state index contributed by atoms with van der Waals surface area (Å²) in [6.07, 6.45) is 8.72. The summed E-state index contributed by atoms with van der Waals surface area (Å²) >= 11 is 0. The Kier molecular flexibility index (Phi) is 11.7. The highest BCUT2D eigenvalue weighted by atomic mass is 16.5. The van der Waals surface area contributed by atoms with Gasteiger partial charge in [-0.2, -0.15) is 9.97 Å². The van der Waals surface area contributed by atoms with Crippen LogP contribution in [0.15, 0.2) is 6.33 Å². The first-order valence-corrected chi connectivity index (χ1v) is 10.3. The molecule has 0 unspecified atom stereocenters. The summed E-state index contributed by atoms with van der Waals surface area (Å²) in [5.41, 5.74) is 7.27. The summed E-state index contributed by atoms with van der Waals surface area (Å²) in [6.45, 7) is 8.99. The average Bonchev–Trinajstić information content (AvgIpc) is 3.13. The van der Waals surface area contributed by atoms with Crippen molar-refractivity contribution in [3.63, 3.8) is 0 Å². The van der Waals surface area contributed by atoms with E-state index in [9.17, 15) is 0 Å². The predicted octanol–water partition coefficient (Wildman–Crippen LogP) is 4.38. The number of unbranched alkanes of at least 4 members (excludes halogenated alkanes) is 2. The molecular formula is C21H35N5O2. The van der Waals surface area contributed by atoms with Gasteiger partial charge in [0.15, 0.2) is 17.8 Å². The second-order valence-electron chi connectivity index (χ2n) is 6.22. The maximum Gasteiger partial charge on any atom is 0.248 e. The molecule has 0 saturated carbocycles. The minimum absolute atomic E-state index is 0.184. The van der Waals surface area contributed by atoms with Crippen LogP contribution in [0.5, 0.6) is 5.88 Å². The summed E-state index contributed by atoms with van der Waals surface area (Å²) in [6, 6.07) is 0.364. The molecule has 0 radical (unpaired) electrons. The van der Waals surface area contributed by atoms with Crippen LogP contribution < -0.4 is 10.5 Å². The van der Waals surface area contributed by atoms with Crippen LogP contribution in [0.2, 0.25) is 0 Å². The number of nitrogens with two attached hydrogens (primary N) is 1. The fraction of sp³-hybridized carbons (Fsp3) is 0.667. The molecule has 0 fully saturated rings. The molecule has 2 aromatic rings. The molecule has 7 nitrogen and oxygen atoms in total. The van der Waals surface area contributed by atoms with E-state index < -0.39 is 0 Å². The van der Waals surface area contributed by atoms with Gasteiger partial charge < -0.3 is 19.8 Å². The second-order valence-corrected chi connectivity index (χ2v) is 6.22. The predicted molar refractivity (Wildman–Crippen MR) is 114 cm³/mol. The van der Waals surface area contributed by atoms with Crippen molar-refractivity contribution in [3.8, 4) is 17.7 Å². The number of nitrogen functional groups attached to an aromatic ring is 1. The lowest BCUT2D eigenvalue weighted by Gasteiger charge is -2.18. The van der Waals surface area contributed by atoms with E-state index in [-0.39, 0.29) is 12.6 Å². The molecule has 0 saturated heterocycles. The molecule has 2 N–H and O–H groups in total. The topological polar surface area (TPSA) is 88.1 Å². The number of fused-ring (bicyclic) bond motifs is 1. The molecule has 0 aliphatic rings. The standard InChI is InChI=1S/C19H29N5O2.C2H6/c1-4-6-10-15(11-7-5-2)24-14-21-16-17(24)22-19(20)23-18(16)26-13-9-8-12-25-3;1-2/h14-15H,4-7,10-13H2,1-3H3,(H2,20,22,23);1-2H3. The molecule has 0 bridgehead atoms. The van der Waals surface area contributed by atoms with Crippen molar-refractivity contribution in [1.29, 1.82) is 0 Å². The molecule has 156 valence electrons. The Balaban J connectivity index is 0.00000190. The normalized spacial score (nSPS) is 10.4. The van der Waals surface area contributed by atoms with Crippen LogP contribution in [-0.4, -0.2) is 39.8 Å². The molecule has 28 heavy (non-hydrogen) atoms. The van der Waals surface area contributed by atoms with Crippen LogP contribution in [0.25, 0.3) is 11.2 Å². The van der Waals surface area contributed by atoms with Gasteiger partial charge in [0, 0.05) is 13.2 Å². The number of hydrogen-bond acceptors (Lipinski definition) is 6. The van der Waals surface area contributed by atoms with Crippen LogP contribution in [0.3, 0.4) is 0 Å². The van der Waals surface area contributed by atoms with Crippen molar-refractivity contribution in [2.24, 2.45) is 0 Å². The lowest BCUT2D eigenvalue weighted by molar-refractivity contribution is 0.239. The third-order valence-corrected chi connectivity index (χ3v) is 4.20. The largest absolute Gasteiger partial charge is 0.463 e. The molecule has 2 rings (SSSR count). The van der Waals surface area contributed by atoms with Crippen LogP contribution in [-0.2, 0) is 4.74 Å². The highest BCUT2D eigenvalue weighted by molar-refractivity contribution is 5.77. The Morgan fingerprint density at radius 2 is 1.71 bits per heavy atom. The zero-order chi connectivity index (χ0) is 20.8. The molecule has 0 spiro atoms. The van der Waals surface area contributed by atoms with Crippen molar-refractivity contribution >= 4 is 17.1 Å². The molecule has 0 aromatic carbocycles. The molecule has 0 atom stereocenters. The number of nitrogens with zero attached hydrogens (tertiary/aromatic N) is 4. The fourth-order valence-electron chi connectivity index (χ4n) is 2.86. The smallest absolute Gasteiger partial charge is 0.248 e. The second kappa shape index (κ2) is 13.8. The number of hydrogen-bond donors (Lipinski definition) is 1. The summed E-state index contributed by atoms with van der Waals surface area (Å²) in [7, 11) is 1.60. The van der Waals surface area contributed by atoms with Crippen molar-refractivity contribution in [2.75, 3.05) is 26.1 Å². The Bertz CT molecular complexity index is 740. The summed E-state index contributed by atoms with van der Waals surface area (Å²) in [5, 5.41) is 0. The average molecular weight is 390 g/mol. The third-order valence-electron chi connectivity index (χ3n) is 4.20. The quantitative estimate of drug-likeness (QED) is 0.607. The summed E-state index contributed by atoms with van der Waals surface area (Å²) < 4.78 is 12.7. The van der Waals surface area contributed by atoms with E-state index in [2.05, 4.69) is 45.2 Å². The minimum atomic E-state index is 0.184. The highest BCUT2D eigenvalue weighted by Crippen LogP contribution is 2.29. The Morgan fingerprint density at radius 1 is 1.07 bits per heavy atom. The van der Waals surface area contributed by atoms with E-state index in [1.165, 1.54) is 25.7 Å². The van der Waals surface area contributed by atoms with E-state index >= 15 is 0 Å². The summed E-state index contributed by atoms with van der Waals surface area (Å²) in [5.74, 6) is 6.27. The Labute approximate surface area is 169 Å². The SMILES string of the molecule is CC.CCCCC(CCCC)n1cnc2c(OCC#CCOC)nc(N)nc21. The van der Waals surface area contributed by atoms with Gasteiger partial charge in [-0.25, -0.2) is 4.98 Å². The first-order chi connectivity index (χ1) is 13.7. The van der Waals surface area contributed by atoms with Crippen molar-refractivity contribution in [3.05, 3.63) is 6.33 Å².